The lowest BCUT2D eigenvalue weighted by molar-refractivity contribution is 0.0957. The van der Waals surface area contributed by atoms with E-state index in [0.29, 0.717) is 19.0 Å². The molecule has 0 unspecified atom stereocenters. The summed E-state index contributed by atoms with van der Waals surface area (Å²) >= 11 is 7.39. The molecular formula is C19H25ClIN5OS. The molecule has 1 aromatic heterocycles. The molecule has 0 spiro atoms. The van der Waals surface area contributed by atoms with Gasteiger partial charge < -0.3 is 20.9 Å². The highest BCUT2D eigenvalue weighted by Crippen LogP contribution is 2.19. The molecule has 1 aromatic carbocycles. The van der Waals surface area contributed by atoms with E-state index >= 15 is 0 Å². The molecule has 0 radical (unpaired) electrons. The zero-order valence-corrected chi connectivity index (χ0v) is 19.4. The molecular weight excluding hydrogens is 509 g/mol. The van der Waals surface area contributed by atoms with Gasteiger partial charge in [-0.25, -0.2) is 0 Å². The van der Waals surface area contributed by atoms with Crippen molar-refractivity contribution in [1.29, 1.82) is 0 Å². The van der Waals surface area contributed by atoms with Crippen LogP contribution in [0, 0.1) is 0 Å². The van der Waals surface area contributed by atoms with Gasteiger partial charge in [-0.3, -0.25) is 9.79 Å². The van der Waals surface area contributed by atoms with Crippen molar-refractivity contribution in [3.05, 3.63) is 51.7 Å². The molecule has 28 heavy (non-hydrogen) atoms. The number of nitrogens with zero attached hydrogens (tertiary/aromatic N) is 3. The van der Waals surface area contributed by atoms with Gasteiger partial charge in [0.25, 0.3) is 5.91 Å². The fraction of sp³-hybridized carbons (Fsp3) is 0.368. The number of rotatable bonds is 6. The molecule has 1 saturated heterocycles. The van der Waals surface area contributed by atoms with Crippen LogP contribution in [0.5, 0.6) is 0 Å². The Morgan fingerprint density at radius 3 is 2.54 bits per heavy atom. The predicted molar refractivity (Wildman–Crippen MR) is 128 cm³/mol. The number of hydrogen-bond donors (Lipinski definition) is 2. The van der Waals surface area contributed by atoms with Crippen LogP contribution < -0.4 is 16.0 Å². The van der Waals surface area contributed by atoms with Crippen LogP contribution in [-0.2, 0) is 0 Å². The van der Waals surface area contributed by atoms with Crippen molar-refractivity contribution in [2.24, 2.45) is 10.7 Å². The number of nitrogens with one attached hydrogen (secondary N) is 1. The molecule has 1 aliphatic rings. The van der Waals surface area contributed by atoms with Crippen molar-refractivity contribution in [3.8, 4) is 0 Å². The van der Waals surface area contributed by atoms with Crippen LogP contribution in [0.25, 0.3) is 0 Å². The summed E-state index contributed by atoms with van der Waals surface area (Å²) in [5.41, 5.74) is 7.30. The van der Waals surface area contributed by atoms with E-state index in [-0.39, 0.29) is 29.9 Å². The average molecular weight is 534 g/mol. The molecule has 2 aromatic rings. The first kappa shape index (κ1) is 22.8. The van der Waals surface area contributed by atoms with Gasteiger partial charge in [-0.15, -0.1) is 35.3 Å². The summed E-state index contributed by atoms with van der Waals surface area (Å²) in [5.74, 6) is 0.551. The molecule has 0 bridgehead atoms. The maximum Gasteiger partial charge on any atom is 0.261 e. The molecule has 1 amide bonds. The predicted octanol–water partition coefficient (Wildman–Crippen LogP) is 3.28. The van der Waals surface area contributed by atoms with E-state index in [4.69, 9.17) is 17.3 Å². The van der Waals surface area contributed by atoms with E-state index < -0.39 is 0 Å². The van der Waals surface area contributed by atoms with Crippen LogP contribution in [0.1, 0.15) is 16.1 Å². The van der Waals surface area contributed by atoms with Crippen molar-refractivity contribution >= 4 is 64.5 Å². The highest BCUT2D eigenvalue weighted by Gasteiger charge is 2.18. The fourth-order valence-corrected chi connectivity index (χ4v) is 3.68. The molecule has 0 saturated carbocycles. The second kappa shape index (κ2) is 11.5. The number of hydrogen-bond acceptors (Lipinski definition) is 4. The number of nitrogens with two attached hydrogens (primary N) is 1. The van der Waals surface area contributed by atoms with Crippen LogP contribution in [0.3, 0.4) is 0 Å². The minimum Gasteiger partial charge on any atom is -0.370 e. The molecule has 2 heterocycles. The minimum atomic E-state index is -0.0275. The Morgan fingerprint density at radius 2 is 1.89 bits per heavy atom. The van der Waals surface area contributed by atoms with Crippen molar-refractivity contribution < 1.29 is 4.79 Å². The number of halogens is 2. The number of piperazine rings is 1. The van der Waals surface area contributed by atoms with Gasteiger partial charge in [0.15, 0.2) is 5.96 Å². The van der Waals surface area contributed by atoms with E-state index in [2.05, 4.69) is 20.1 Å². The van der Waals surface area contributed by atoms with Crippen LogP contribution in [0.4, 0.5) is 5.69 Å². The zero-order chi connectivity index (χ0) is 19.1. The lowest BCUT2D eigenvalue weighted by Crippen LogP contribution is -2.51. The zero-order valence-electron chi connectivity index (χ0n) is 15.5. The molecule has 152 valence electrons. The van der Waals surface area contributed by atoms with Gasteiger partial charge in [-0.1, -0.05) is 17.7 Å². The highest BCUT2D eigenvalue weighted by molar-refractivity contribution is 14.0. The normalized spacial score (nSPS) is 14.5. The molecule has 3 rings (SSSR count). The maximum absolute atomic E-state index is 11.8. The van der Waals surface area contributed by atoms with Gasteiger partial charge >= 0.3 is 0 Å². The summed E-state index contributed by atoms with van der Waals surface area (Å²) < 4.78 is 0. The first-order valence-corrected chi connectivity index (χ1v) is 10.3. The fourth-order valence-electron chi connectivity index (χ4n) is 2.92. The average Bonchev–Trinajstić information content (AvgIpc) is 3.23. The maximum atomic E-state index is 11.8. The van der Waals surface area contributed by atoms with Gasteiger partial charge in [0.1, 0.15) is 0 Å². The monoisotopic (exact) mass is 533 g/mol. The number of carbonyl (C=O) groups is 1. The second-order valence-electron chi connectivity index (χ2n) is 6.28. The Labute approximate surface area is 191 Å². The van der Waals surface area contributed by atoms with Crippen LogP contribution in [0.15, 0.2) is 46.8 Å². The van der Waals surface area contributed by atoms with Crippen molar-refractivity contribution in [3.63, 3.8) is 0 Å². The summed E-state index contributed by atoms with van der Waals surface area (Å²) in [6.07, 6.45) is 0.766. The Bertz CT molecular complexity index is 761. The van der Waals surface area contributed by atoms with Crippen molar-refractivity contribution in [2.75, 3.05) is 44.2 Å². The Kier molecular flexibility index (Phi) is 9.33. The van der Waals surface area contributed by atoms with Gasteiger partial charge in [0.05, 0.1) is 4.88 Å². The molecule has 9 heteroatoms. The van der Waals surface area contributed by atoms with E-state index in [1.807, 2.05) is 41.8 Å². The number of guanidine groups is 1. The first-order chi connectivity index (χ1) is 13.1. The summed E-state index contributed by atoms with van der Waals surface area (Å²) in [6, 6.07) is 11.6. The van der Waals surface area contributed by atoms with Gasteiger partial charge in [-0.2, -0.15) is 0 Å². The smallest absolute Gasteiger partial charge is 0.261 e. The summed E-state index contributed by atoms with van der Waals surface area (Å²) in [7, 11) is 0. The van der Waals surface area contributed by atoms with Crippen LogP contribution in [0.2, 0.25) is 5.02 Å². The van der Waals surface area contributed by atoms with E-state index in [1.54, 1.807) is 0 Å². The highest BCUT2D eigenvalue weighted by atomic mass is 127. The number of thiophene rings is 1. The second-order valence-corrected chi connectivity index (χ2v) is 7.66. The lowest BCUT2D eigenvalue weighted by Gasteiger charge is -2.36. The Morgan fingerprint density at radius 1 is 1.18 bits per heavy atom. The quantitative estimate of drug-likeness (QED) is 0.259. The van der Waals surface area contributed by atoms with Crippen LogP contribution >= 0.6 is 46.9 Å². The molecule has 1 fully saturated rings. The number of benzene rings is 1. The molecule has 1 aliphatic heterocycles. The van der Waals surface area contributed by atoms with E-state index in [1.165, 1.54) is 17.0 Å². The topological polar surface area (TPSA) is 74.0 Å². The summed E-state index contributed by atoms with van der Waals surface area (Å²) in [6.45, 7) is 4.68. The van der Waals surface area contributed by atoms with Gasteiger partial charge in [0.2, 0.25) is 0 Å². The Hall–Kier alpha value is -1.52. The largest absolute Gasteiger partial charge is 0.370 e. The first-order valence-electron chi connectivity index (χ1n) is 9.00. The lowest BCUT2D eigenvalue weighted by atomic mass is 10.2. The molecule has 0 aliphatic carbocycles. The van der Waals surface area contributed by atoms with Gasteiger partial charge in [0, 0.05) is 50.0 Å². The summed E-state index contributed by atoms with van der Waals surface area (Å²) in [4.78, 5) is 21.4. The third-order valence-electron chi connectivity index (χ3n) is 4.43. The summed E-state index contributed by atoms with van der Waals surface area (Å²) in [5, 5.41) is 5.54. The molecule has 3 N–H and O–H groups in total. The van der Waals surface area contributed by atoms with E-state index in [9.17, 15) is 4.79 Å². The van der Waals surface area contributed by atoms with Crippen molar-refractivity contribution in [2.45, 2.75) is 6.42 Å². The minimum absolute atomic E-state index is 0. The molecule has 0 atom stereocenters. The molecule has 6 nitrogen and oxygen atoms in total. The SMILES string of the molecule is I.NC(=NCCCNC(=O)c1cccs1)N1CCN(c2ccc(Cl)cc2)CC1. The third kappa shape index (κ3) is 6.52. The number of aliphatic imine (C=N–C) groups is 1. The van der Waals surface area contributed by atoms with Crippen LogP contribution in [-0.4, -0.2) is 56.0 Å². The van der Waals surface area contributed by atoms with Crippen molar-refractivity contribution in [1.82, 2.24) is 10.2 Å². The van der Waals surface area contributed by atoms with Gasteiger partial charge in [-0.05, 0) is 42.1 Å². The number of anilines is 1. The Balaban J connectivity index is 0.00000280. The third-order valence-corrected chi connectivity index (χ3v) is 5.56. The number of carbonyl (C=O) groups excluding carboxylic acids is 1. The standard InChI is InChI=1S/C19H24ClN5OS.HI/c20-15-4-6-16(7-5-15)24-10-12-25(13-11-24)19(21)23-9-2-8-22-18(26)17-3-1-14-27-17;/h1,3-7,14H,2,8-13H2,(H2,21,23)(H,22,26);1H. The van der Waals surface area contributed by atoms with E-state index in [0.717, 1.165) is 42.5 Å². The number of amides is 1.